The molecule has 3 fully saturated rings. The van der Waals surface area contributed by atoms with Gasteiger partial charge in [-0.05, 0) is 49.3 Å². The molecular formula is C23H36N4O. The van der Waals surface area contributed by atoms with E-state index in [0.717, 1.165) is 51.3 Å². The zero-order chi connectivity index (χ0) is 19.4. The number of guanidine groups is 1. The van der Waals surface area contributed by atoms with Crippen LogP contribution in [0.25, 0.3) is 0 Å². The van der Waals surface area contributed by atoms with Crippen molar-refractivity contribution < 1.29 is 4.74 Å². The lowest BCUT2D eigenvalue weighted by atomic mass is 9.87. The molecule has 3 aliphatic rings. The van der Waals surface area contributed by atoms with E-state index in [1.165, 1.54) is 49.9 Å². The van der Waals surface area contributed by atoms with Gasteiger partial charge < -0.3 is 15.0 Å². The van der Waals surface area contributed by atoms with Gasteiger partial charge in [0, 0.05) is 51.8 Å². The Labute approximate surface area is 170 Å². The molecule has 5 heteroatoms. The summed E-state index contributed by atoms with van der Waals surface area (Å²) in [4.78, 5) is 9.61. The lowest BCUT2D eigenvalue weighted by Gasteiger charge is -2.31. The van der Waals surface area contributed by atoms with Crippen molar-refractivity contribution in [2.45, 2.75) is 45.7 Å². The zero-order valence-electron chi connectivity index (χ0n) is 17.6. The van der Waals surface area contributed by atoms with Crippen molar-refractivity contribution in [2.24, 2.45) is 16.3 Å². The topological polar surface area (TPSA) is 40.1 Å². The van der Waals surface area contributed by atoms with Crippen LogP contribution < -0.4 is 5.32 Å². The van der Waals surface area contributed by atoms with E-state index >= 15 is 0 Å². The first-order chi connectivity index (χ1) is 13.7. The van der Waals surface area contributed by atoms with Gasteiger partial charge >= 0.3 is 0 Å². The molecular weight excluding hydrogens is 348 g/mol. The maximum Gasteiger partial charge on any atom is 0.193 e. The molecule has 0 radical (unpaired) electrons. The predicted molar refractivity (Wildman–Crippen MR) is 114 cm³/mol. The minimum atomic E-state index is 0.362. The number of piperidine rings is 1. The van der Waals surface area contributed by atoms with Crippen LogP contribution in [-0.4, -0.2) is 62.2 Å². The van der Waals surface area contributed by atoms with Crippen molar-refractivity contribution in [1.82, 2.24) is 15.1 Å². The molecule has 0 bridgehead atoms. The Morgan fingerprint density at radius 1 is 1.25 bits per heavy atom. The van der Waals surface area contributed by atoms with Gasteiger partial charge in [-0.1, -0.05) is 31.2 Å². The Balaban J connectivity index is 1.36. The molecule has 3 heterocycles. The van der Waals surface area contributed by atoms with Gasteiger partial charge in [0.05, 0.1) is 6.61 Å². The summed E-state index contributed by atoms with van der Waals surface area (Å²) in [7, 11) is 1.90. The number of aliphatic imine (C=N–C) groups is 1. The van der Waals surface area contributed by atoms with Gasteiger partial charge in [-0.2, -0.15) is 0 Å². The van der Waals surface area contributed by atoms with Gasteiger partial charge in [-0.3, -0.25) is 9.89 Å². The number of benzene rings is 1. The Kier molecular flexibility index (Phi) is 6.22. The highest BCUT2D eigenvalue weighted by Crippen LogP contribution is 2.38. The Morgan fingerprint density at radius 3 is 2.86 bits per heavy atom. The van der Waals surface area contributed by atoms with E-state index in [2.05, 4.69) is 51.3 Å². The molecule has 4 rings (SSSR count). The van der Waals surface area contributed by atoms with Crippen molar-refractivity contribution in [1.29, 1.82) is 0 Å². The maximum atomic E-state index is 5.68. The van der Waals surface area contributed by atoms with Gasteiger partial charge in [0.15, 0.2) is 5.96 Å². The average molecular weight is 385 g/mol. The van der Waals surface area contributed by atoms with Crippen LogP contribution in [-0.2, 0) is 17.8 Å². The molecule has 3 aliphatic heterocycles. The monoisotopic (exact) mass is 384 g/mol. The molecule has 0 saturated carbocycles. The summed E-state index contributed by atoms with van der Waals surface area (Å²) < 4.78 is 5.68. The summed E-state index contributed by atoms with van der Waals surface area (Å²) in [6, 6.07) is 8.88. The molecule has 0 amide bonds. The minimum absolute atomic E-state index is 0.362. The van der Waals surface area contributed by atoms with E-state index in [1.54, 1.807) is 0 Å². The number of ether oxygens (including phenoxy) is 1. The highest BCUT2D eigenvalue weighted by Gasteiger charge is 2.42. The molecule has 1 aromatic rings. The van der Waals surface area contributed by atoms with Gasteiger partial charge in [0.25, 0.3) is 0 Å². The second-order valence-electron chi connectivity index (χ2n) is 9.13. The van der Waals surface area contributed by atoms with Crippen LogP contribution in [0.15, 0.2) is 29.3 Å². The highest BCUT2D eigenvalue weighted by atomic mass is 16.5. The first kappa shape index (κ1) is 19.7. The molecule has 1 N–H and O–H groups in total. The highest BCUT2D eigenvalue weighted by molar-refractivity contribution is 5.80. The largest absolute Gasteiger partial charge is 0.381 e. The number of hydrogen-bond acceptors (Lipinski definition) is 3. The minimum Gasteiger partial charge on any atom is -0.381 e. The third-order valence-corrected chi connectivity index (χ3v) is 6.83. The quantitative estimate of drug-likeness (QED) is 0.640. The van der Waals surface area contributed by atoms with Crippen molar-refractivity contribution in [3.8, 4) is 0 Å². The molecule has 2 atom stereocenters. The summed E-state index contributed by atoms with van der Waals surface area (Å²) >= 11 is 0. The Morgan fingerprint density at radius 2 is 2.11 bits per heavy atom. The van der Waals surface area contributed by atoms with Crippen molar-refractivity contribution in [2.75, 3.05) is 46.4 Å². The van der Waals surface area contributed by atoms with E-state index < -0.39 is 0 Å². The maximum absolute atomic E-state index is 5.68. The number of nitrogens with zero attached hydrogens (tertiary/aromatic N) is 3. The molecule has 28 heavy (non-hydrogen) atoms. The summed E-state index contributed by atoms with van der Waals surface area (Å²) in [6.07, 6.45) is 5.11. The molecule has 1 aromatic carbocycles. The summed E-state index contributed by atoms with van der Waals surface area (Å²) in [5, 5.41) is 3.64. The lowest BCUT2D eigenvalue weighted by Crippen LogP contribution is -2.41. The number of nitrogens with one attached hydrogen (secondary N) is 1. The van der Waals surface area contributed by atoms with E-state index in [0.29, 0.717) is 5.41 Å². The summed E-state index contributed by atoms with van der Waals surface area (Å²) in [6.45, 7) is 10.7. The van der Waals surface area contributed by atoms with Gasteiger partial charge in [-0.25, -0.2) is 0 Å². The second-order valence-corrected chi connectivity index (χ2v) is 9.13. The fourth-order valence-corrected chi connectivity index (χ4v) is 5.15. The third-order valence-electron chi connectivity index (χ3n) is 6.83. The van der Waals surface area contributed by atoms with Crippen LogP contribution in [0.3, 0.4) is 0 Å². The van der Waals surface area contributed by atoms with Crippen LogP contribution in [0.1, 0.15) is 43.7 Å². The molecule has 0 aromatic heterocycles. The second kappa shape index (κ2) is 8.83. The first-order valence-electron chi connectivity index (χ1n) is 11.0. The Hall–Kier alpha value is -1.59. The zero-order valence-corrected chi connectivity index (χ0v) is 17.6. The van der Waals surface area contributed by atoms with E-state index in [4.69, 9.17) is 4.74 Å². The smallest absolute Gasteiger partial charge is 0.193 e. The molecule has 0 aliphatic carbocycles. The fourth-order valence-electron chi connectivity index (χ4n) is 5.15. The number of hydrogen-bond donors (Lipinski definition) is 1. The lowest BCUT2D eigenvalue weighted by molar-refractivity contribution is 0.156. The van der Waals surface area contributed by atoms with Crippen LogP contribution in [0, 0.1) is 11.3 Å². The molecule has 1 spiro atoms. The Bertz CT molecular complexity index is 683. The van der Waals surface area contributed by atoms with Crippen molar-refractivity contribution in [3.63, 3.8) is 0 Å². The fraction of sp³-hybridized carbons (Fsp3) is 0.696. The van der Waals surface area contributed by atoms with E-state index in [9.17, 15) is 0 Å². The van der Waals surface area contributed by atoms with Crippen LogP contribution in [0.4, 0.5) is 0 Å². The predicted octanol–water partition coefficient (Wildman–Crippen LogP) is 3.11. The van der Waals surface area contributed by atoms with E-state index in [-0.39, 0.29) is 0 Å². The summed E-state index contributed by atoms with van der Waals surface area (Å²) in [5.41, 5.74) is 3.20. The number of rotatable bonds is 4. The first-order valence-corrected chi connectivity index (χ1v) is 11.0. The normalized spacial score (nSPS) is 29.0. The van der Waals surface area contributed by atoms with Crippen LogP contribution in [0.2, 0.25) is 0 Å². The van der Waals surface area contributed by atoms with Crippen LogP contribution >= 0.6 is 0 Å². The van der Waals surface area contributed by atoms with Gasteiger partial charge in [0.2, 0.25) is 0 Å². The standard InChI is InChI=1S/C23H36N4O/c1-19-6-5-11-26(15-19)16-21-8-4-3-7-20(21)14-25-22(24-2)27-12-9-23(17-27)10-13-28-18-23/h3-4,7-8,19H,5-6,9-18H2,1-2H3,(H,24,25). The molecule has 5 nitrogen and oxygen atoms in total. The van der Waals surface area contributed by atoms with E-state index in [1.807, 2.05) is 7.05 Å². The summed E-state index contributed by atoms with van der Waals surface area (Å²) in [5.74, 6) is 1.85. The van der Waals surface area contributed by atoms with Crippen molar-refractivity contribution in [3.05, 3.63) is 35.4 Å². The third kappa shape index (κ3) is 4.52. The molecule has 154 valence electrons. The van der Waals surface area contributed by atoms with Crippen LogP contribution in [0.5, 0.6) is 0 Å². The average Bonchev–Trinajstić information content (AvgIpc) is 3.34. The van der Waals surface area contributed by atoms with Gasteiger partial charge in [0.1, 0.15) is 0 Å². The van der Waals surface area contributed by atoms with Gasteiger partial charge in [-0.15, -0.1) is 0 Å². The van der Waals surface area contributed by atoms with Crippen molar-refractivity contribution >= 4 is 5.96 Å². The molecule has 2 unspecified atom stereocenters. The number of likely N-dealkylation sites (tertiary alicyclic amines) is 2. The SMILES string of the molecule is CN=C(NCc1ccccc1CN1CCCC(C)C1)N1CCC2(CCOC2)C1. The molecule has 3 saturated heterocycles.